The molecule has 2 aliphatic rings. The second kappa shape index (κ2) is 1.79. The van der Waals surface area contributed by atoms with E-state index in [1.54, 1.807) is 0 Å². The van der Waals surface area contributed by atoms with E-state index in [9.17, 15) is 0 Å². The topological polar surface area (TPSA) is 21.3 Å². The fourth-order valence-corrected chi connectivity index (χ4v) is 1.17. The van der Waals surface area contributed by atoms with Gasteiger partial charge in [0.25, 0.3) is 0 Å². The molecule has 1 N–H and O–H groups in total. The molecule has 0 unspecified atom stereocenters. The van der Waals surface area contributed by atoms with Crippen molar-refractivity contribution in [2.75, 3.05) is 13.2 Å². The maximum atomic E-state index is 5.31. The summed E-state index contributed by atoms with van der Waals surface area (Å²) in [4.78, 5) is 0. The van der Waals surface area contributed by atoms with Crippen LogP contribution < -0.4 is 5.32 Å². The maximum Gasteiger partial charge on any atom is 0.121 e. The van der Waals surface area contributed by atoms with E-state index in [2.05, 4.69) is 5.32 Å². The van der Waals surface area contributed by atoms with Crippen molar-refractivity contribution in [3.05, 3.63) is 23.6 Å². The third-order valence-corrected chi connectivity index (χ3v) is 1.68. The predicted octanol–water partition coefficient (Wildman–Crippen LogP) is 0.778. The van der Waals surface area contributed by atoms with Crippen LogP contribution in [-0.2, 0) is 4.74 Å². The fraction of sp³-hybridized carbons (Fsp3) is 0.429. The van der Waals surface area contributed by atoms with Gasteiger partial charge >= 0.3 is 0 Å². The summed E-state index contributed by atoms with van der Waals surface area (Å²) >= 11 is 0. The van der Waals surface area contributed by atoms with Crippen LogP contribution in [0.1, 0.15) is 6.42 Å². The highest BCUT2D eigenvalue weighted by Gasteiger charge is 2.14. The number of nitrogens with one attached hydrogen (secondary N) is 1. The average molecular weight is 123 g/mol. The molecule has 0 atom stereocenters. The lowest BCUT2D eigenvalue weighted by atomic mass is 10.1. The summed E-state index contributed by atoms with van der Waals surface area (Å²) < 4.78 is 5.31. The maximum absolute atomic E-state index is 5.31. The summed E-state index contributed by atoms with van der Waals surface area (Å²) in [6.07, 6.45) is 5.03. The minimum absolute atomic E-state index is 0.872. The lowest BCUT2D eigenvalue weighted by Gasteiger charge is -2.07. The Morgan fingerprint density at radius 3 is 3.44 bits per heavy atom. The van der Waals surface area contributed by atoms with Gasteiger partial charge in [-0.2, -0.15) is 0 Å². The van der Waals surface area contributed by atoms with Gasteiger partial charge in [-0.3, -0.25) is 0 Å². The number of hydrogen-bond donors (Lipinski definition) is 1. The Labute approximate surface area is 54.2 Å². The second-order valence-electron chi connectivity index (χ2n) is 2.28. The van der Waals surface area contributed by atoms with Gasteiger partial charge in [-0.05, 0) is 11.6 Å². The molecule has 0 bridgehead atoms. The molecule has 0 amide bonds. The molecule has 2 heteroatoms. The van der Waals surface area contributed by atoms with E-state index >= 15 is 0 Å². The monoisotopic (exact) mass is 123 g/mol. The van der Waals surface area contributed by atoms with Crippen LogP contribution in [0.25, 0.3) is 0 Å². The minimum Gasteiger partial charge on any atom is -0.493 e. The Morgan fingerprint density at radius 2 is 2.56 bits per heavy atom. The minimum atomic E-state index is 0.872. The third kappa shape index (κ3) is 0.707. The van der Waals surface area contributed by atoms with Crippen molar-refractivity contribution < 1.29 is 4.74 Å². The highest BCUT2D eigenvalue weighted by Crippen LogP contribution is 2.20. The summed E-state index contributed by atoms with van der Waals surface area (Å²) in [6, 6.07) is 0. The zero-order valence-corrected chi connectivity index (χ0v) is 5.18. The zero-order valence-electron chi connectivity index (χ0n) is 5.18. The van der Waals surface area contributed by atoms with Crippen molar-refractivity contribution in [2.24, 2.45) is 0 Å². The number of hydrogen-bond acceptors (Lipinski definition) is 2. The standard InChI is InChI=1S/C7H9NO/c1-3-8-5-6-2-4-9-7(1)6/h1,3,8H,2,4-5H2. The van der Waals surface area contributed by atoms with Gasteiger partial charge in [0, 0.05) is 19.2 Å². The number of dihydropyridines is 1. The molecule has 0 aliphatic carbocycles. The molecule has 0 radical (unpaired) electrons. The lowest BCUT2D eigenvalue weighted by Crippen LogP contribution is -2.12. The van der Waals surface area contributed by atoms with Crippen LogP contribution in [0.15, 0.2) is 23.6 Å². The van der Waals surface area contributed by atoms with E-state index < -0.39 is 0 Å². The summed E-state index contributed by atoms with van der Waals surface area (Å²) in [5, 5.41) is 3.14. The third-order valence-electron chi connectivity index (χ3n) is 1.68. The molecule has 0 aromatic carbocycles. The normalized spacial score (nSPS) is 23.1. The molecule has 9 heavy (non-hydrogen) atoms. The van der Waals surface area contributed by atoms with Crippen LogP contribution in [0, 0.1) is 0 Å². The molecule has 0 saturated carbocycles. The van der Waals surface area contributed by atoms with Crippen LogP contribution in [0.2, 0.25) is 0 Å². The van der Waals surface area contributed by atoms with Crippen molar-refractivity contribution in [1.29, 1.82) is 0 Å². The van der Waals surface area contributed by atoms with Crippen molar-refractivity contribution in [2.45, 2.75) is 6.42 Å². The number of rotatable bonds is 0. The van der Waals surface area contributed by atoms with Crippen LogP contribution in [0.4, 0.5) is 0 Å². The zero-order chi connectivity index (χ0) is 6.10. The van der Waals surface area contributed by atoms with E-state index in [-0.39, 0.29) is 0 Å². The van der Waals surface area contributed by atoms with E-state index in [0.717, 1.165) is 25.3 Å². The first-order valence-corrected chi connectivity index (χ1v) is 3.21. The molecule has 0 saturated heterocycles. The van der Waals surface area contributed by atoms with Gasteiger partial charge in [0.1, 0.15) is 5.76 Å². The van der Waals surface area contributed by atoms with Gasteiger partial charge < -0.3 is 10.1 Å². The highest BCUT2D eigenvalue weighted by molar-refractivity contribution is 5.27. The first-order chi connectivity index (χ1) is 4.47. The van der Waals surface area contributed by atoms with E-state index in [0.29, 0.717) is 0 Å². The first kappa shape index (κ1) is 4.91. The summed E-state index contributed by atoms with van der Waals surface area (Å²) in [5.74, 6) is 1.09. The lowest BCUT2D eigenvalue weighted by molar-refractivity contribution is 0.256. The number of ether oxygens (including phenoxy) is 1. The smallest absolute Gasteiger partial charge is 0.121 e. The van der Waals surface area contributed by atoms with E-state index in [4.69, 9.17) is 4.74 Å². The second-order valence-corrected chi connectivity index (χ2v) is 2.28. The molecular weight excluding hydrogens is 114 g/mol. The molecule has 0 aromatic heterocycles. The van der Waals surface area contributed by atoms with Crippen molar-refractivity contribution in [3.63, 3.8) is 0 Å². The van der Waals surface area contributed by atoms with Crippen molar-refractivity contribution in [1.82, 2.24) is 5.32 Å². The van der Waals surface area contributed by atoms with Gasteiger partial charge in [0.05, 0.1) is 6.61 Å². The van der Waals surface area contributed by atoms with Crippen LogP contribution in [-0.4, -0.2) is 13.2 Å². The van der Waals surface area contributed by atoms with Crippen molar-refractivity contribution in [3.8, 4) is 0 Å². The average Bonchev–Trinajstić information content (AvgIpc) is 2.33. The van der Waals surface area contributed by atoms with Gasteiger partial charge in [-0.25, -0.2) is 0 Å². The number of allylic oxidation sites excluding steroid dienone is 1. The van der Waals surface area contributed by atoms with E-state index in [1.165, 1.54) is 5.57 Å². The van der Waals surface area contributed by atoms with Crippen LogP contribution in [0.5, 0.6) is 0 Å². The van der Waals surface area contributed by atoms with Gasteiger partial charge in [0.2, 0.25) is 0 Å². The Balaban J connectivity index is 2.28. The van der Waals surface area contributed by atoms with Crippen LogP contribution >= 0.6 is 0 Å². The highest BCUT2D eigenvalue weighted by atomic mass is 16.5. The Bertz CT molecular complexity index is 181. The molecular formula is C7H9NO. The Kier molecular flexibility index (Phi) is 0.979. The van der Waals surface area contributed by atoms with Gasteiger partial charge in [0.15, 0.2) is 0 Å². The molecule has 0 fully saturated rings. The van der Waals surface area contributed by atoms with Crippen molar-refractivity contribution >= 4 is 0 Å². The molecule has 0 aromatic rings. The largest absolute Gasteiger partial charge is 0.493 e. The Hall–Kier alpha value is -0.920. The summed E-state index contributed by atoms with van der Waals surface area (Å²) in [5.41, 5.74) is 1.41. The van der Waals surface area contributed by atoms with Gasteiger partial charge in [-0.1, -0.05) is 0 Å². The molecule has 2 aliphatic heterocycles. The molecule has 2 nitrogen and oxygen atoms in total. The molecule has 48 valence electrons. The Morgan fingerprint density at radius 1 is 1.56 bits per heavy atom. The fourth-order valence-electron chi connectivity index (χ4n) is 1.17. The predicted molar refractivity (Wildman–Crippen MR) is 34.7 cm³/mol. The SMILES string of the molecule is C1=CC2=C(CCO2)CN1. The molecule has 2 heterocycles. The first-order valence-electron chi connectivity index (χ1n) is 3.21. The summed E-state index contributed by atoms with van der Waals surface area (Å²) in [6.45, 7) is 1.85. The quantitative estimate of drug-likeness (QED) is 0.514. The molecule has 2 rings (SSSR count). The summed E-state index contributed by atoms with van der Waals surface area (Å²) in [7, 11) is 0. The molecule has 0 spiro atoms. The van der Waals surface area contributed by atoms with E-state index in [1.807, 2.05) is 12.3 Å². The van der Waals surface area contributed by atoms with Crippen LogP contribution in [0.3, 0.4) is 0 Å². The van der Waals surface area contributed by atoms with Gasteiger partial charge in [-0.15, -0.1) is 0 Å².